The van der Waals surface area contributed by atoms with Crippen LogP contribution in [-0.4, -0.2) is 14.4 Å². The summed E-state index contributed by atoms with van der Waals surface area (Å²) in [5.41, 5.74) is 2.36. The fraction of sp³-hybridized carbons (Fsp3) is 0.500. The quantitative estimate of drug-likeness (QED) is 0.779. The van der Waals surface area contributed by atoms with Crippen molar-refractivity contribution in [1.82, 2.24) is 9.55 Å². The van der Waals surface area contributed by atoms with Crippen LogP contribution in [0.1, 0.15) is 26.6 Å². The highest BCUT2D eigenvalue weighted by molar-refractivity contribution is 9.09. The maximum absolute atomic E-state index is 4.75. The second-order valence-corrected chi connectivity index (χ2v) is 6.06. The van der Waals surface area contributed by atoms with Gasteiger partial charge >= 0.3 is 0 Å². The Bertz CT molecular complexity index is 502. The number of imidazole rings is 1. The number of aromatic nitrogens is 2. The maximum atomic E-state index is 4.75. The van der Waals surface area contributed by atoms with Gasteiger partial charge in [-0.1, -0.05) is 41.9 Å². The summed E-state index contributed by atoms with van der Waals surface area (Å²) in [4.78, 5) is 5.27. The van der Waals surface area contributed by atoms with Gasteiger partial charge in [0.2, 0.25) is 0 Å². The molecule has 2 unspecified atom stereocenters. The van der Waals surface area contributed by atoms with Crippen molar-refractivity contribution < 1.29 is 0 Å². The third-order valence-electron chi connectivity index (χ3n) is 3.34. The van der Waals surface area contributed by atoms with Crippen LogP contribution in [0.25, 0.3) is 11.0 Å². The van der Waals surface area contributed by atoms with E-state index < -0.39 is 0 Å². The Morgan fingerprint density at radius 3 is 2.65 bits per heavy atom. The molecule has 2 rings (SSSR count). The molecular weight excluding hydrogens is 276 g/mol. The van der Waals surface area contributed by atoms with Crippen molar-refractivity contribution in [1.29, 1.82) is 0 Å². The lowest BCUT2D eigenvalue weighted by Gasteiger charge is -2.14. The van der Waals surface area contributed by atoms with Gasteiger partial charge in [-0.15, -0.1) is 0 Å². The van der Waals surface area contributed by atoms with Crippen LogP contribution < -0.4 is 0 Å². The van der Waals surface area contributed by atoms with Gasteiger partial charge in [-0.3, -0.25) is 0 Å². The van der Waals surface area contributed by atoms with Crippen molar-refractivity contribution in [3.63, 3.8) is 0 Å². The molecular formula is C14H19BrN2. The Labute approximate surface area is 111 Å². The van der Waals surface area contributed by atoms with Gasteiger partial charge in [-0.2, -0.15) is 0 Å². The van der Waals surface area contributed by atoms with Crippen molar-refractivity contribution >= 4 is 27.0 Å². The molecule has 0 spiro atoms. The van der Waals surface area contributed by atoms with Crippen molar-refractivity contribution in [2.75, 3.05) is 0 Å². The average molecular weight is 295 g/mol. The zero-order valence-electron chi connectivity index (χ0n) is 10.7. The maximum Gasteiger partial charge on any atom is 0.110 e. The van der Waals surface area contributed by atoms with E-state index in [9.17, 15) is 0 Å². The minimum atomic E-state index is 0.521. The molecule has 0 bridgehead atoms. The molecule has 0 saturated heterocycles. The lowest BCUT2D eigenvalue weighted by atomic mass is 10.0. The molecule has 0 radical (unpaired) electrons. The Balaban J connectivity index is 2.39. The van der Waals surface area contributed by atoms with Crippen LogP contribution >= 0.6 is 15.9 Å². The average Bonchev–Trinajstić information content (AvgIpc) is 2.65. The second kappa shape index (κ2) is 5.21. The first-order valence-corrected chi connectivity index (χ1v) is 7.13. The van der Waals surface area contributed by atoms with Gasteiger partial charge < -0.3 is 4.57 Å². The van der Waals surface area contributed by atoms with E-state index in [-0.39, 0.29) is 0 Å². The van der Waals surface area contributed by atoms with Crippen LogP contribution in [0.3, 0.4) is 0 Å². The number of hydrogen-bond donors (Lipinski definition) is 0. The van der Waals surface area contributed by atoms with Crippen LogP contribution in [0, 0.1) is 5.92 Å². The molecule has 2 atom stereocenters. The van der Waals surface area contributed by atoms with Gasteiger partial charge in [0.25, 0.3) is 0 Å². The molecule has 2 aromatic rings. The van der Waals surface area contributed by atoms with E-state index in [4.69, 9.17) is 4.98 Å². The fourth-order valence-corrected chi connectivity index (χ4v) is 2.27. The van der Waals surface area contributed by atoms with Crippen LogP contribution in [0.15, 0.2) is 24.3 Å². The highest BCUT2D eigenvalue weighted by atomic mass is 79.9. The Morgan fingerprint density at radius 2 is 2.00 bits per heavy atom. The monoisotopic (exact) mass is 294 g/mol. The van der Waals surface area contributed by atoms with Gasteiger partial charge in [-0.25, -0.2) is 4.98 Å². The standard InChI is InChI=1S/C14H19BrN2/c1-4-17-13-8-6-5-7-12(13)16-14(17)9-10(2)11(3)15/h5-8,10-11H,4,9H2,1-3H3. The van der Waals surface area contributed by atoms with Gasteiger partial charge in [0.15, 0.2) is 0 Å². The summed E-state index contributed by atoms with van der Waals surface area (Å²) >= 11 is 3.65. The predicted molar refractivity (Wildman–Crippen MR) is 76.7 cm³/mol. The fourth-order valence-electron chi connectivity index (χ4n) is 2.08. The number of hydrogen-bond acceptors (Lipinski definition) is 1. The topological polar surface area (TPSA) is 17.8 Å². The molecule has 0 aliphatic rings. The van der Waals surface area contributed by atoms with Crippen LogP contribution in [-0.2, 0) is 13.0 Å². The van der Waals surface area contributed by atoms with Crippen molar-refractivity contribution in [3.8, 4) is 0 Å². The van der Waals surface area contributed by atoms with Crippen LogP contribution in [0.4, 0.5) is 0 Å². The van der Waals surface area contributed by atoms with Gasteiger partial charge in [-0.05, 0) is 25.0 Å². The summed E-state index contributed by atoms with van der Waals surface area (Å²) in [5.74, 6) is 1.80. The summed E-state index contributed by atoms with van der Waals surface area (Å²) in [6.07, 6.45) is 1.02. The minimum absolute atomic E-state index is 0.521. The first kappa shape index (κ1) is 12.6. The Hall–Kier alpha value is -0.830. The molecule has 1 aromatic heterocycles. The third kappa shape index (κ3) is 2.54. The number of aryl methyl sites for hydroxylation is 1. The zero-order valence-corrected chi connectivity index (χ0v) is 12.2. The molecule has 0 N–H and O–H groups in total. The molecule has 17 heavy (non-hydrogen) atoms. The molecule has 2 nitrogen and oxygen atoms in total. The number of nitrogens with zero attached hydrogens (tertiary/aromatic N) is 2. The number of alkyl halides is 1. The van der Waals surface area contributed by atoms with E-state index in [1.807, 2.05) is 0 Å². The van der Waals surface area contributed by atoms with E-state index in [1.165, 1.54) is 11.3 Å². The number of rotatable bonds is 4. The normalized spacial score (nSPS) is 15.1. The van der Waals surface area contributed by atoms with Gasteiger partial charge in [0, 0.05) is 17.8 Å². The number of benzene rings is 1. The zero-order chi connectivity index (χ0) is 12.4. The van der Waals surface area contributed by atoms with Crippen molar-refractivity contribution in [2.24, 2.45) is 5.92 Å². The van der Waals surface area contributed by atoms with Crippen molar-refractivity contribution in [3.05, 3.63) is 30.1 Å². The lowest BCUT2D eigenvalue weighted by Crippen LogP contribution is -2.13. The van der Waals surface area contributed by atoms with Crippen LogP contribution in [0.5, 0.6) is 0 Å². The van der Waals surface area contributed by atoms with Crippen molar-refractivity contribution in [2.45, 2.75) is 38.6 Å². The summed E-state index contributed by atoms with van der Waals surface area (Å²) in [6, 6.07) is 8.37. The summed E-state index contributed by atoms with van der Waals surface area (Å²) in [6.45, 7) is 7.63. The lowest BCUT2D eigenvalue weighted by molar-refractivity contribution is 0.544. The van der Waals surface area contributed by atoms with E-state index in [2.05, 4.69) is 65.5 Å². The summed E-state index contributed by atoms with van der Waals surface area (Å²) in [7, 11) is 0. The molecule has 1 heterocycles. The number of halogens is 1. The third-order valence-corrected chi connectivity index (χ3v) is 4.24. The second-order valence-electron chi connectivity index (χ2n) is 4.62. The SMILES string of the molecule is CCn1c(CC(C)C(C)Br)nc2ccccc21. The summed E-state index contributed by atoms with van der Waals surface area (Å²) in [5, 5.41) is 0. The molecule has 0 saturated carbocycles. The predicted octanol–water partition coefficient (Wildman–Crippen LogP) is 4.02. The molecule has 0 aliphatic carbocycles. The van der Waals surface area contributed by atoms with E-state index in [0.29, 0.717) is 10.7 Å². The number of fused-ring (bicyclic) bond motifs is 1. The highest BCUT2D eigenvalue weighted by Crippen LogP contribution is 2.21. The van der Waals surface area contributed by atoms with Gasteiger partial charge in [0.1, 0.15) is 5.82 Å². The molecule has 0 fully saturated rings. The van der Waals surface area contributed by atoms with E-state index in [0.717, 1.165) is 18.5 Å². The highest BCUT2D eigenvalue weighted by Gasteiger charge is 2.15. The molecule has 0 amide bonds. The van der Waals surface area contributed by atoms with E-state index in [1.54, 1.807) is 0 Å². The first-order chi connectivity index (χ1) is 8.13. The number of para-hydroxylation sites is 2. The Kier molecular flexibility index (Phi) is 3.87. The smallest absolute Gasteiger partial charge is 0.110 e. The Morgan fingerprint density at radius 1 is 1.29 bits per heavy atom. The summed E-state index contributed by atoms with van der Waals surface area (Å²) < 4.78 is 2.32. The molecule has 1 aromatic carbocycles. The van der Waals surface area contributed by atoms with E-state index >= 15 is 0 Å². The molecule has 3 heteroatoms. The molecule has 92 valence electrons. The first-order valence-electron chi connectivity index (χ1n) is 6.21. The molecule has 0 aliphatic heterocycles. The van der Waals surface area contributed by atoms with Crippen LogP contribution in [0.2, 0.25) is 0 Å². The largest absolute Gasteiger partial charge is 0.328 e. The minimum Gasteiger partial charge on any atom is -0.328 e. The van der Waals surface area contributed by atoms with Gasteiger partial charge in [0.05, 0.1) is 11.0 Å².